The molecule has 0 aliphatic carbocycles. The van der Waals surface area contributed by atoms with Gasteiger partial charge in [0, 0.05) is 44.8 Å². The Kier molecular flexibility index (Phi) is 5.78. The number of aromatic nitrogens is 2. The minimum Gasteiger partial charge on any atom is -0.325 e. The largest absolute Gasteiger partial charge is 0.325 e. The second-order valence-corrected chi connectivity index (χ2v) is 8.37. The highest BCUT2D eigenvalue weighted by Crippen LogP contribution is 2.27. The van der Waals surface area contributed by atoms with Crippen LogP contribution in [0, 0.1) is 5.92 Å². The maximum absolute atomic E-state index is 13.1. The summed E-state index contributed by atoms with van der Waals surface area (Å²) in [4.78, 5) is 20.4. The smallest absolute Gasteiger partial charge is 0.286 e. The van der Waals surface area contributed by atoms with Gasteiger partial charge in [-0.25, -0.2) is 9.99 Å². The van der Waals surface area contributed by atoms with E-state index >= 15 is 0 Å². The summed E-state index contributed by atoms with van der Waals surface area (Å²) >= 11 is 0. The number of nitrogens with one attached hydrogen (secondary N) is 1. The molecular weight excluding hydrogens is 350 g/mol. The first-order valence-electron chi connectivity index (χ1n) is 10.5. The van der Waals surface area contributed by atoms with Crippen LogP contribution >= 0.6 is 0 Å². The van der Waals surface area contributed by atoms with Crippen LogP contribution in [0.2, 0.25) is 0 Å². The van der Waals surface area contributed by atoms with Crippen molar-refractivity contribution in [3.8, 4) is 11.4 Å². The number of nitrogens with zero attached hydrogens (tertiary/aromatic N) is 4. The third-order valence-corrected chi connectivity index (χ3v) is 5.57. The molecule has 0 saturated carbocycles. The van der Waals surface area contributed by atoms with Crippen molar-refractivity contribution in [2.24, 2.45) is 5.92 Å². The van der Waals surface area contributed by atoms with Gasteiger partial charge in [0.05, 0.1) is 5.69 Å². The lowest BCUT2D eigenvalue weighted by molar-refractivity contribution is 0.0741. The SMILES string of the molecule is CC(C)CN1CCn2c(-c3ccccc3)nc(C(=O)NN3CCCCC3)c2C1. The lowest BCUT2D eigenvalue weighted by Crippen LogP contribution is -2.45. The summed E-state index contributed by atoms with van der Waals surface area (Å²) in [6.07, 6.45) is 3.52. The first-order chi connectivity index (χ1) is 13.6. The lowest BCUT2D eigenvalue weighted by Gasteiger charge is -2.31. The number of hydrogen-bond donors (Lipinski definition) is 1. The standard InChI is InChI=1S/C22H31N5O/c1-17(2)15-25-13-14-27-19(16-25)20(22(28)24-26-11-7-4-8-12-26)23-21(27)18-9-5-3-6-10-18/h3,5-6,9-10,17H,4,7-8,11-16H2,1-2H3,(H,24,28). The fourth-order valence-corrected chi connectivity index (χ4v) is 4.28. The van der Waals surface area contributed by atoms with E-state index in [-0.39, 0.29) is 5.91 Å². The van der Waals surface area contributed by atoms with Crippen LogP contribution in [0.1, 0.15) is 49.3 Å². The van der Waals surface area contributed by atoms with E-state index in [0.29, 0.717) is 11.6 Å². The van der Waals surface area contributed by atoms with E-state index in [1.165, 1.54) is 6.42 Å². The van der Waals surface area contributed by atoms with E-state index < -0.39 is 0 Å². The van der Waals surface area contributed by atoms with Crippen LogP contribution in [-0.4, -0.2) is 51.5 Å². The van der Waals surface area contributed by atoms with E-state index in [1.54, 1.807) is 0 Å². The fraction of sp³-hybridized carbons (Fsp3) is 0.545. The zero-order chi connectivity index (χ0) is 19.5. The summed E-state index contributed by atoms with van der Waals surface area (Å²) < 4.78 is 2.25. The third kappa shape index (κ3) is 4.13. The zero-order valence-electron chi connectivity index (χ0n) is 17.0. The quantitative estimate of drug-likeness (QED) is 0.864. The molecule has 4 rings (SSSR count). The normalized spacial score (nSPS) is 18.2. The molecule has 1 N–H and O–H groups in total. The predicted octanol–water partition coefficient (Wildman–Crippen LogP) is 3.15. The molecule has 0 atom stereocenters. The number of imidazole rings is 1. The summed E-state index contributed by atoms with van der Waals surface area (Å²) in [6, 6.07) is 10.2. The molecule has 6 nitrogen and oxygen atoms in total. The van der Waals surface area contributed by atoms with Crippen LogP contribution in [0.25, 0.3) is 11.4 Å². The third-order valence-electron chi connectivity index (χ3n) is 5.57. The van der Waals surface area contributed by atoms with Gasteiger partial charge in [-0.1, -0.05) is 50.6 Å². The number of carbonyl (C=O) groups is 1. The van der Waals surface area contributed by atoms with Crippen molar-refractivity contribution in [2.75, 3.05) is 26.2 Å². The topological polar surface area (TPSA) is 53.4 Å². The lowest BCUT2D eigenvalue weighted by atomic mass is 10.1. The van der Waals surface area contributed by atoms with Crippen molar-refractivity contribution in [3.05, 3.63) is 41.7 Å². The van der Waals surface area contributed by atoms with Crippen molar-refractivity contribution >= 4 is 5.91 Å². The van der Waals surface area contributed by atoms with Crippen molar-refractivity contribution in [1.82, 2.24) is 24.9 Å². The number of rotatable bonds is 5. The number of hydrogen-bond acceptors (Lipinski definition) is 4. The Morgan fingerprint density at radius 1 is 1.07 bits per heavy atom. The minimum atomic E-state index is -0.0702. The van der Waals surface area contributed by atoms with Gasteiger partial charge in [-0.3, -0.25) is 15.1 Å². The Morgan fingerprint density at radius 3 is 2.54 bits per heavy atom. The van der Waals surface area contributed by atoms with Gasteiger partial charge < -0.3 is 4.57 Å². The first kappa shape index (κ1) is 19.2. The molecule has 1 saturated heterocycles. The summed E-state index contributed by atoms with van der Waals surface area (Å²) in [5.74, 6) is 1.44. The second-order valence-electron chi connectivity index (χ2n) is 8.37. The van der Waals surface area contributed by atoms with Gasteiger partial charge in [-0.15, -0.1) is 0 Å². The van der Waals surface area contributed by atoms with Gasteiger partial charge in [0.1, 0.15) is 5.82 Å². The second kappa shape index (κ2) is 8.45. The summed E-state index contributed by atoms with van der Waals surface area (Å²) in [5, 5.41) is 2.05. The maximum Gasteiger partial charge on any atom is 0.286 e. The van der Waals surface area contributed by atoms with Gasteiger partial charge >= 0.3 is 0 Å². The summed E-state index contributed by atoms with van der Waals surface area (Å²) in [6.45, 7) is 10.0. The zero-order valence-corrected chi connectivity index (χ0v) is 17.0. The van der Waals surface area contributed by atoms with Crippen LogP contribution in [0.4, 0.5) is 0 Å². The molecule has 2 aliphatic heterocycles. The summed E-state index contributed by atoms with van der Waals surface area (Å²) in [7, 11) is 0. The maximum atomic E-state index is 13.1. The number of benzene rings is 1. The van der Waals surface area contributed by atoms with Crippen molar-refractivity contribution in [2.45, 2.75) is 46.2 Å². The average molecular weight is 382 g/mol. The molecule has 6 heteroatoms. The van der Waals surface area contributed by atoms with E-state index in [2.05, 4.69) is 45.9 Å². The van der Waals surface area contributed by atoms with Crippen LogP contribution in [0.5, 0.6) is 0 Å². The molecule has 0 bridgehead atoms. The van der Waals surface area contributed by atoms with Crippen LogP contribution in [0.15, 0.2) is 30.3 Å². The monoisotopic (exact) mass is 381 g/mol. The first-order valence-corrected chi connectivity index (χ1v) is 10.5. The number of hydrazine groups is 1. The molecule has 0 radical (unpaired) electrons. The van der Waals surface area contributed by atoms with Gasteiger partial charge in [0.2, 0.25) is 0 Å². The van der Waals surface area contributed by atoms with Gasteiger partial charge in [0.15, 0.2) is 5.69 Å². The van der Waals surface area contributed by atoms with Gasteiger partial charge in [-0.2, -0.15) is 0 Å². The van der Waals surface area contributed by atoms with E-state index in [0.717, 1.165) is 69.2 Å². The molecule has 150 valence electrons. The number of carbonyl (C=O) groups excluding carboxylic acids is 1. The Morgan fingerprint density at radius 2 is 1.82 bits per heavy atom. The number of amides is 1. The molecule has 1 fully saturated rings. The van der Waals surface area contributed by atoms with Crippen molar-refractivity contribution in [1.29, 1.82) is 0 Å². The van der Waals surface area contributed by atoms with Crippen molar-refractivity contribution < 1.29 is 4.79 Å². The molecule has 2 aromatic rings. The summed E-state index contributed by atoms with van der Waals surface area (Å²) in [5.41, 5.74) is 5.80. The number of piperidine rings is 1. The molecule has 0 spiro atoms. The number of fused-ring (bicyclic) bond motifs is 1. The highest BCUT2D eigenvalue weighted by Gasteiger charge is 2.29. The van der Waals surface area contributed by atoms with Crippen molar-refractivity contribution in [3.63, 3.8) is 0 Å². The Bertz CT molecular complexity index is 808. The van der Waals surface area contributed by atoms with E-state index in [4.69, 9.17) is 4.98 Å². The molecule has 1 amide bonds. The van der Waals surface area contributed by atoms with Crippen LogP contribution < -0.4 is 5.43 Å². The Balaban J connectivity index is 1.65. The molecule has 1 aromatic heterocycles. The minimum absolute atomic E-state index is 0.0702. The molecule has 3 heterocycles. The Labute approximate surface area is 167 Å². The van der Waals surface area contributed by atoms with Crippen LogP contribution in [-0.2, 0) is 13.1 Å². The highest BCUT2D eigenvalue weighted by molar-refractivity contribution is 5.94. The average Bonchev–Trinajstić information content (AvgIpc) is 3.08. The predicted molar refractivity (Wildman–Crippen MR) is 111 cm³/mol. The van der Waals surface area contributed by atoms with Gasteiger partial charge in [0.25, 0.3) is 5.91 Å². The van der Waals surface area contributed by atoms with E-state index in [9.17, 15) is 4.79 Å². The van der Waals surface area contributed by atoms with E-state index in [1.807, 2.05) is 18.2 Å². The fourth-order valence-electron chi connectivity index (χ4n) is 4.28. The Hall–Kier alpha value is -2.18. The van der Waals surface area contributed by atoms with Crippen LogP contribution in [0.3, 0.4) is 0 Å². The molecule has 28 heavy (non-hydrogen) atoms. The molecule has 2 aliphatic rings. The highest BCUT2D eigenvalue weighted by atomic mass is 16.2. The van der Waals surface area contributed by atoms with Gasteiger partial charge in [-0.05, 0) is 18.8 Å². The molecule has 1 aromatic carbocycles. The molecule has 0 unspecified atom stereocenters. The molecular formula is C22H31N5O.